The first-order valence-electron chi connectivity index (χ1n) is 7.15. The highest BCUT2D eigenvalue weighted by molar-refractivity contribution is 5.92. The molecule has 19 heavy (non-hydrogen) atoms. The fraction of sp³-hybridized carbons (Fsp3) is 0.800. The Labute approximate surface area is 113 Å². The number of ether oxygens (including phenoxy) is 1. The Morgan fingerprint density at radius 2 is 2.00 bits per heavy atom. The number of hydrogen-bond acceptors (Lipinski definition) is 4. The summed E-state index contributed by atoms with van der Waals surface area (Å²) in [5.41, 5.74) is 0.952. The van der Waals surface area contributed by atoms with Crippen LogP contribution in [0.25, 0.3) is 0 Å². The lowest BCUT2D eigenvalue weighted by Crippen LogP contribution is -2.57. The maximum Gasteiger partial charge on any atom is 0.334 e. The van der Waals surface area contributed by atoms with Crippen molar-refractivity contribution in [3.05, 3.63) is 11.1 Å². The average molecular weight is 266 g/mol. The second-order valence-electron chi connectivity index (χ2n) is 6.61. The number of rotatable bonds is 0. The molecule has 6 atom stereocenters. The van der Waals surface area contributed by atoms with Gasteiger partial charge in [-0.3, -0.25) is 0 Å². The Balaban J connectivity index is 2.04. The molecule has 0 amide bonds. The number of carbonyl (C=O) groups excluding carboxylic acids is 1. The molecule has 2 aliphatic carbocycles. The molecule has 4 nitrogen and oxygen atoms in total. The molecule has 0 aromatic carbocycles. The number of carbonyl (C=O) groups is 1. The first-order chi connectivity index (χ1) is 8.87. The summed E-state index contributed by atoms with van der Waals surface area (Å²) >= 11 is 0. The van der Waals surface area contributed by atoms with Gasteiger partial charge in [-0.15, -0.1) is 0 Å². The number of aliphatic hydroxyl groups is 2. The Bertz CT molecular complexity index is 455. The maximum atomic E-state index is 11.7. The number of hydrogen-bond donors (Lipinski definition) is 2. The summed E-state index contributed by atoms with van der Waals surface area (Å²) in [6, 6.07) is 0. The van der Waals surface area contributed by atoms with Gasteiger partial charge in [0.1, 0.15) is 6.10 Å². The molecule has 1 aliphatic heterocycles. The Morgan fingerprint density at radius 3 is 2.68 bits per heavy atom. The van der Waals surface area contributed by atoms with Crippen molar-refractivity contribution in [2.24, 2.45) is 17.3 Å². The Morgan fingerprint density at radius 1 is 1.32 bits per heavy atom. The Kier molecular flexibility index (Phi) is 2.81. The van der Waals surface area contributed by atoms with Crippen molar-refractivity contribution in [1.29, 1.82) is 0 Å². The molecule has 0 aromatic rings. The largest absolute Gasteiger partial charge is 0.454 e. The van der Waals surface area contributed by atoms with Gasteiger partial charge in [-0.05, 0) is 38.0 Å². The molecule has 2 saturated carbocycles. The third-order valence-corrected chi connectivity index (χ3v) is 5.97. The topological polar surface area (TPSA) is 66.8 Å². The lowest BCUT2D eigenvalue weighted by Gasteiger charge is -2.55. The van der Waals surface area contributed by atoms with Crippen molar-refractivity contribution in [1.82, 2.24) is 0 Å². The SMILES string of the molecule is CC1=C2C(CC3CCC(O)C(C)C3(C)C2O)OC1=O. The summed E-state index contributed by atoms with van der Waals surface area (Å²) in [5.74, 6) is 0.0288. The van der Waals surface area contributed by atoms with Gasteiger partial charge in [0.05, 0.1) is 12.2 Å². The fourth-order valence-corrected chi connectivity index (χ4v) is 4.35. The molecule has 6 unspecified atom stereocenters. The molecule has 4 heteroatoms. The van der Waals surface area contributed by atoms with Crippen molar-refractivity contribution in [2.75, 3.05) is 0 Å². The highest BCUT2D eigenvalue weighted by Gasteiger charge is 2.58. The number of fused-ring (bicyclic) bond motifs is 2. The predicted molar refractivity (Wildman–Crippen MR) is 69.2 cm³/mol. The fourth-order valence-electron chi connectivity index (χ4n) is 4.35. The van der Waals surface area contributed by atoms with Gasteiger partial charge in [0.25, 0.3) is 0 Å². The first-order valence-corrected chi connectivity index (χ1v) is 7.15. The van der Waals surface area contributed by atoms with Gasteiger partial charge in [-0.25, -0.2) is 4.79 Å². The summed E-state index contributed by atoms with van der Waals surface area (Å²) in [7, 11) is 0. The number of esters is 1. The van der Waals surface area contributed by atoms with Gasteiger partial charge in [-0.2, -0.15) is 0 Å². The quantitative estimate of drug-likeness (QED) is 0.651. The minimum Gasteiger partial charge on any atom is -0.454 e. The molecule has 3 rings (SSSR count). The molecule has 2 fully saturated rings. The number of aliphatic hydroxyl groups excluding tert-OH is 2. The molecule has 1 heterocycles. The van der Waals surface area contributed by atoms with Crippen LogP contribution < -0.4 is 0 Å². The minimum absolute atomic E-state index is 0.0261. The molecule has 0 aromatic heterocycles. The van der Waals surface area contributed by atoms with Crippen molar-refractivity contribution in [3.63, 3.8) is 0 Å². The molecule has 0 bridgehead atoms. The Hall–Kier alpha value is -0.870. The summed E-state index contributed by atoms with van der Waals surface area (Å²) in [4.78, 5) is 11.7. The average Bonchev–Trinajstić information content (AvgIpc) is 2.65. The van der Waals surface area contributed by atoms with E-state index in [1.807, 2.05) is 6.92 Å². The highest BCUT2D eigenvalue weighted by atomic mass is 16.5. The maximum absolute atomic E-state index is 11.7. The van der Waals surface area contributed by atoms with E-state index in [4.69, 9.17) is 4.74 Å². The smallest absolute Gasteiger partial charge is 0.334 e. The summed E-state index contributed by atoms with van der Waals surface area (Å²) in [6.45, 7) is 5.79. The van der Waals surface area contributed by atoms with Crippen LogP contribution in [0.4, 0.5) is 0 Å². The molecule has 3 aliphatic rings. The van der Waals surface area contributed by atoms with Crippen LogP contribution in [0.5, 0.6) is 0 Å². The zero-order chi connectivity index (χ0) is 13.9. The lowest BCUT2D eigenvalue weighted by atomic mass is 9.52. The zero-order valence-electron chi connectivity index (χ0n) is 11.7. The van der Waals surface area contributed by atoms with Gasteiger partial charge < -0.3 is 14.9 Å². The third kappa shape index (κ3) is 1.56. The lowest BCUT2D eigenvalue weighted by molar-refractivity contribution is -0.152. The van der Waals surface area contributed by atoms with E-state index < -0.39 is 6.10 Å². The summed E-state index contributed by atoms with van der Waals surface area (Å²) < 4.78 is 5.37. The molecule has 0 saturated heterocycles. The van der Waals surface area contributed by atoms with Crippen LogP contribution in [-0.4, -0.2) is 34.5 Å². The molecular weight excluding hydrogens is 244 g/mol. The van der Waals surface area contributed by atoms with Gasteiger partial charge >= 0.3 is 5.97 Å². The van der Waals surface area contributed by atoms with Crippen LogP contribution in [0.15, 0.2) is 11.1 Å². The van der Waals surface area contributed by atoms with E-state index in [0.29, 0.717) is 11.5 Å². The zero-order valence-corrected chi connectivity index (χ0v) is 11.7. The van der Waals surface area contributed by atoms with E-state index in [1.54, 1.807) is 6.92 Å². The standard InChI is InChI=1S/C15H22O4/c1-7-12-11(19-14(7)18)6-9-4-5-10(16)8(2)15(9,3)13(12)17/h8-11,13,16-17H,4-6H2,1-3H3. The predicted octanol–water partition coefficient (Wildman–Crippen LogP) is 1.41. The minimum atomic E-state index is -0.687. The van der Waals surface area contributed by atoms with Gasteiger partial charge in [-0.1, -0.05) is 13.8 Å². The van der Waals surface area contributed by atoms with Crippen molar-refractivity contribution >= 4 is 5.97 Å². The second kappa shape index (κ2) is 4.06. The van der Waals surface area contributed by atoms with Gasteiger partial charge in [0, 0.05) is 16.6 Å². The molecule has 0 spiro atoms. The van der Waals surface area contributed by atoms with Crippen LogP contribution in [0.2, 0.25) is 0 Å². The van der Waals surface area contributed by atoms with Crippen LogP contribution in [0.1, 0.15) is 40.0 Å². The van der Waals surface area contributed by atoms with E-state index in [2.05, 4.69) is 6.92 Å². The monoisotopic (exact) mass is 266 g/mol. The van der Waals surface area contributed by atoms with E-state index in [9.17, 15) is 15.0 Å². The van der Waals surface area contributed by atoms with Crippen LogP contribution in [0, 0.1) is 17.3 Å². The van der Waals surface area contributed by atoms with E-state index in [1.165, 1.54) is 0 Å². The van der Waals surface area contributed by atoms with E-state index >= 15 is 0 Å². The van der Waals surface area contributed by atoms with E-state index in [-0.39, 0.29) is 29.5 Å². The normalized spacial score (nSPS) is 49.7. The van der Waals surface area contributed by atoms with E-state index in [0.717, 1.165) is 24.8 Å². The van der Waals surface area contributed by atoms with Crippen molar-refractivity contribution < 1.29 is 19.7 Å². The van der Waals surface area contributed by atoms with Crippen molar-refractivity contribution in [2.45, 2.75) is 58.3 Å². The molecule has 0 radical (unpaired) electrons. The molecule has 2 N–H and O–H groups in total. The third-order valence-electron chi connectivity index (χ3n) is 5.97. The van der Waals surface area contributed by atoms with Crippen LogP contribution in [-0.2, 0) is 9.53 Å². The highest BCUT2D eigenvalue weighted by Crippen LogP contribution is 2.56. The van der Waals surface area contributed by atoms with Crippen LogP contribution >= 0.6 is 0 Å². The second-order valence-corrected chi connectivity index (χ2v) is 6.61. The van der Waals surface area contributed by atoms with Crippen molar-refractivity contribution in [3.8, 4) is 0 Å². The first kappa shape index (κ1) is 13.1. The summed E-state index contributed by atoms with van der Waals surface area (Å²) in [6.07, 6.45) is 1.14. The van der Waals surface area contributed by atoms with Crippen LogP contribution in [0.3, 0.4) is 0 Å². The molecular formula is C15H22O4. The van der Waals surface area contributed by atoms with Gasteiger partial charge in [0.15, 0.2) is 0 Å². The summed E-state index contributed by atoms with van der Waals surface area (Å²) in [5, 5.41) is 20.9. The van der Waals surface area contributed by atoms with Gasteiger partial charge in [0.2, 0.25) is 0 Å². The molecule has 106 valence electrons.